The van der Waals surface area contributed by atoms with Crippen molar-refractivity contribution in [3.63, 3.8) is 0 Å². The first kappa shape index (κ1) is 21.4. The predicted octanol–water partition coefficient (Wildman–Crippen LogP) is 4.61. The van der Waals surface area contributed by atoms with Crippen LogP contribution in [0.15, 0.2) is 78.9 Å². The Morgan fingerprint density at radius 3 is 2.20 bits per heavy atom. The summed E-state index contributed by atoms with van der Waals surface area (Å²) in [6, 6.07) is 22.1. The zero-order chi connectivity index (χ0) is 21.3. The lowest BCUT2D eigenvalue weighted by molar-refractivity contribution is -0.115. The molecule has 3 rings (SSSR count). The van der Waals surface area contributed by atoms with E-state index in [1.165, 1.54) is 16.4 Å². The van der Waals surface area contributed by atoms with Gasteiger partial charge in [-0.2, -0.15) is 0 Å². The SMILES string of the molecule is O=C(Cc1ccccc1)Nc1ccc(N(S)C(=O)NCCc2ccc(F)cc2)cc1. The van der Waals surface area contributed by atoms with Crippen molar-refractivity contribution in [3.8, 4) is 0 Å². The fourth-order valence-electron chi connectivity index (χ4n) is 2.83. The Morgan fingerprint density at radius 2 is 1.53 bits per heavy atom. The van der Waals surface area contributed by atoms with E-state index >= 15 is 0 Å². The van der Waals surface area contributed by atoms with Crippen LogP contribution in [0.4, 0.5) is 20.6 Å². The molecule has 0 saturated carbocycles. The van der Waals surface area contributed by atoms with Gasteiger partial charge in [-0.15, -0.1) is 0 Å². The zero-order valence-corrected chi connectivity index (χ0v) is 17.1. The molecule has 0 atom stereocenters. The Bertz CT molecular complexity index is 980. The van der Waals surface area contributed by atoms with Crippen molar-refractivity contribution in [2.75, 3.05) is 16.2 Å². The highest BCUT2D eigenvalue weighted by molar-refractivity contribution is 7.82. The molecule has 5 nitrogen and oxygen atoms in total. The second kappa shape index (κ2) is 10.5. The van der Waals surface area contributed by atoms with E-state index in [4.69, 9.17) is 0 Å². The van der Waals surface area contributed by atoms with Crippen molar-refractivity contribution in [3.05, 3.63) is 95.8 Å². The van der Waals surface area contributed by atoms with Crippen molar-refractivity contribution in [1.29, 1.82) is 0 Å². The number of amides is 3. The molecule has 0 radical (unpaired) electrons. The number of anilines is 2. The number of nitrogens with zero attached hydrogens (tertiary/aromatic N) is 1. The van der Waals surface area contributed by atoms with Crippen LogP contribution in [-0.2, 0) is 17.6 Å². The Hall–Kier alpha value is -3.32. The van der Waals surface area contributed by atoms with Gasteiger partial charge in [-0.1, -0.05) is 55.3 Å². The molecule has 0 saturated heterocycles. The lowest BCUT2D eigenvalue weighted by atomic mass is 10.1. The largest absolute Gasteiger partial charge is 0.337 e. The number of rotatable bonds is 7. The van der Waals surface area contributed by atoms with Crippen molar-refractivity contribution < 1.29 is 14.0 Å². The highest BCUT2D eigenvalue weighted by atomic mass is 32.1. The van der Waals surface area contributed by atoms with E-state index in [2.05, 4.69) is 23.4 Å². The summed E-state index contributed by atoms with van der Waals surface area (Å²) in [6.45, 7) is 0.398. The van der Waals surface area contributed by atoms with Gasteiger partial charge in [0.15, 0.2) is 0 Å². The molecule has 154 valence electrons. The summed E-state index contributed by atoms with van der Waals surface area (Å²) in [6.07, 6.45) is 0.873. The quantitative estimate of drug-likeness (QED) is 0.486. The van der Waals surface area contributed by atoms with E-state index in [9.17, 15) is 14.0 Å². The molecule has 2 N–H and O–H groups in total. The Labute approximate surface area is 180 Å². The number of hydrogen-bond donors (Lipinski definition) is 3. The van der Waals surface area contributed by atoms with Crippen LogP contribution < -0.4 is 14.9 Å². The second-order valence-corrected chi connectivity index (χ2v) is 7.08. The fraction of sp³-hybridized carbons (Fsp3) is 0.130. The number of carbonyl (C=O) groups excluding carboxylic acids is 2. The van der Waals surface area contributed by atoms with Gasteiger partial charge >= 0.3 is 6.03 Å². The number of nitrogens with one attached hydrogen (secondary N) is 2. The van der Waals surface area contributed by atoms with Crippen molar-refractivity contribution >= 4 is 36.1 Å². The molecule has 0 fully saturated rings. The van der Waals surface area contributed by atoms with Crippen LogP contribution in [0.2, 0.25) is 0 Å². The van der Waals surface area contributed by atoms with Crippen molar-refractivity contribution in [2.24, 2.45) is 0 Å². The Balaban J connectivity index is 1.47. The molecule has 30 heavy (non-hydrogen) atoms. The molecule has 0 bridgehead atoms. The first-order valence-corrected chi connectivity index (χ1v) is 9.86. The molecule has 0 unspecified atom stereocenters. The van der Waals surface area contributed by atoms with E-state index in [0.717, 1.165) is 11.1 Å². The lowest BCUT2D eigenvalue weighted by Crippen LogP contribution is -2.35. The lowest BCUT2D eigenvalue weighted by Gasteiger charge is -2.17. The highest BCUT2D eigenvalue weighted by Crippen LogP contribution is 2.20. The summed E-state index contributed by atoms with van der Waals surface area (Å²) in [5.41, 5.74) is 3.07. The maximum Gasteiger partial charge on any atom is 0.331 e. The first-order chi connectivity index (χ1) is 14.5. The normalized spacial score (nSPS) is 10.3. The number of benzene rings is 3. The van der Waals surface area contributed by atoms with Crippen LogP contribution in [-0.4, -0.2) is 18.5 Å². The second-order valence-electron chi connectivity index (χ2n) is 6.68. The molecule has 7 heteroatoms. The molecule has 3 aromatic rings. The average Bonchev–Trinajstić information content (AvgIpc) is 2.75. The number of thiol groups is 1. The molecule has 0 heterocycles. The summed E-state index contributed by atoms with van der Waals surface area (Å²) in [7, 11) is 0. The maximum absolute atomic E-state index is 12.9. The van der Waals surface area contributed by atoms with Crippen LogP contribution in [0.25, 0.3) is 0 Å². The molecule has 3 aromatic carbocycles. The third-order valence-electron chi connectivity index (χ3n) is 4.40. The minimum atomic E-state index is -0.374. The Kier molecular flexibility index (Phi) is 7.45. The molecule has 0 aliphatic carbocycles. The minimum absolute atomic E-state index is 0.116. The highest BCUT2D eigenvalue weighted by Gasteiger charge is 2.12. The topological polar surface area (TPSA) is 61.4 Å². The summed E-state index contributed by atoms with van der Waals surface area (Å²) in [4.78, 5) is 24.4. The van der Waals surface area contributed by atoms with Crippen LogP contribution in [0, 0.1) is 5.82 Å². The number of halogens is 1. The molecule has 3 amide bonds. The van der Waals surface area contributed by atoms with Gasteiger partial charge in [0.2, 0.25) is 5.91 Å². The summed E-state index contributed by atoms with van der Waals surface area (Å²) in [5.74, 6) is -0.403. The Morgan fingerprint density at radius 1 is 0.867 bits per heavy atom. The van der Waals surface area contributed by atoms with Crippen LogP contribution in [0.5, 0.6) is 0 Å². The molecule has 0 aromatic heterocycles. The van der Waals surface area contributed by atoms with E-state index in [1.807, 2.05) is 30.3 Å². The predicted molar refractivity (Wildman–Crippen MR) is 120 cm³/mol. The van der Waals surface area contributed by atoms with Crippen LogP contribution in [0.3, 0.4) is 0 Å². The van der Waals surface area contributed by atoms with Gasteiger partial charge < -0.3 is 10.6 Å². The summed E-state index contributed by atoms with van der Waals surface area (Å²) < 4.78 is 14.1. The maximum atomic E-state index is 12.9. The number of carbonyl (C=O) groups is 2. The van der Waals surface area contributed by atoms with Gasteiger partial charge in [0.05, 0.1) is 12.1 Å². The molecular weight excluding hydrogens is 401 g/mol. The van der Waals surface area contributed by atoms with E-state index in [-0.39, 0.29) is 24.2 Å². The smallest absolute Gasteiger partial charge is 0.331 e. The molecule has 0 aliphatic heterocycles. The number of hydrogen-bond acceptors (Lipinski definition) is 3. The monoisotopic (exact) mass is 423 g/mol. The molecule has 0 aliphatic rings. The summed E-state index contributed by atoms with van der Waals surface area (Å²) >= 11 is 4.24. The number of urea groups is 1. The summed E-state index contributed by atoms with van der Waals surface area (Å²) in [5, 5.41) is 5.60. The third-order valence-corrected chi connectivity index (χ3v) is 4.81. The van der Waals surface area contributed by atoms with E-state index < -0.39 is 0 Å². The van der Waals surface area contributed by atoms with Gasteiger partial charge in [0, 0.05) is 12.2 Å². The average molecular weight is 424 g/mol. The standard InChI is InChI=1S/C23H22FN3O2S/c24-19-8-6-17(7-9-19)14-15-25-23(29)27(30)21-12-10-20(11-13-21)26-22(28)16-18-4-2-1-3-5-18/h1-13,30H,14-16H2,(H,25,29)(H,26,28). The van der Waals surface area contributed by atoms with Gasteiger partial charge in [-0.25, -0.2) is 13.5 Å². The van der Waals surface area contributed by atoms with E-state index in [0.29, 0.717) is 24.3 Å². The first-order valence-electron chi connectivity index (χ1n) is 9.46. The minimum Gasteiger partial charge on any atom is -0.337 e. The van der Waals surface area contributed by atoms with Crippen molar-refractivity contribution in [1.82, 2.24) is 5.32 Å². The van der Waals surface area contributed by atoms with Gasteiger partial charge in [0.1, 0.15) is 5.82 Å². The third kappa shape index (κ3) is 6.35. The van der Waals surface area contributed by atoms with E-state index in [1.54, 1.807) is 36.4 Å². The fourth-order valence-corrected chi connectivity index (χ4v) is 3.03. The van der Waals surface area contributed by atoms with Gasteiger partial charge in [-0.05, 0) is 53.9 Å². The zero-order valence-electron chi connectivity index (χ0n) is 16.2. The van der Waals surface area contributed by atoms with Gasteiger partial charge in [0.25, 0.3) is 0 Å². The van der Waals surface area contributed by atoms with Crippen LogP contribution >= 0.6 is 12.8 Å². The molecular formula is C23H22FN3O2S. The van der Waals surface area contributed by atoms with Crippen molar-refractivity contribution in [2.45, 2.75) is 12.8 Å². The molecule has 0 spiro atoms. The van der Waals surface area contributed by atoms with Crippen LogP contribution in [0.1, 0.15) is 11.1 Å². The van der Waals surface area contributed by atoms with Gasteiger partial charge in [-0.3, -0.25) is 4.79 Å².